The maximum absolute atomic E-state index is 11.8. The molecule has 0 saturated carbocycles. The molecule has 0 fully saturated rings. The van der Waals surface area contributed by atoms with Gasteiger partial charge in [0.25, 0.3) is 0 Å². The van der Waals surface area contributed by atoms with E-state index in [0.717, 1.165) is 54.3 Å². The lowest BCUT2D eigenvalue weighted by atomic mass is 10.1. The predicted octanol–water partition coefficient (Wildman–Crippen LogP) is 5.50. The summed E-state index contributed by atoms with van der Waals surface area (Å²) < 4.78 is 5.31. The van der Waals surface area contributed by atoms with Crippen LogP contribution >= 0.6 is 11.3 Å². The van der Waals surface area contributed by atoms with Crippen LogP contribution in [-0.2, 0) is 0 Å². The van der Waals surface area contributed by atoms with Crippen LogP contribution in [0.1, 0.15) is 16.6 Å². The number of pyridine rings is 3. The first-order chi connectivity index (χ1) is 16.6. The molecule has 6 aromatic rings. The number of hydrogen-bond donors (Lipinski definition) is 2. The van der Waals surface area contributed by atoms with Gasteiger partial charge in [0.2, 0.25) is 0 Å². The smallest absolute Gasteiger partial charge is 0.181 e. The number of rotatable bonds is 5. The lowest BCUT2D eigenvalue weighted by molar-refractivity contribution is 0.102. The zero-order valence-corrected chi connectivity index (χ0v) is 19.1. The van der Waals surface area contributed by atoms with E-state index in [1.807, 2.05) is 30.3 Å². The van der Waals surface area contributed by atoms with Crippen LogP contribution in [0, 0.1) is 0 Å². The molecule has 0 amide bonds. The Balaban J connectivity index is 1.47. The number of H-pyrrole nitrogens is 2. The van der Waals surface area contributed by atoms with Crippen molar-refractivity contribution in [2.45, 2.75) is 6.92 Å². The summed E-state index contributed by atoms with van der Waals surface area (Å²) in [6, 6.07) is 11.7. The average Bonchev–Trinajstić information content (AvgIpc) is 3.61. The molecule has 0 radical (unpaired) electrons. The van der Waals surface area contributed by atoms with Gasteiger partial charge in [-0.2, -0.15) is 5.10 Å². The molecule has 6 heterocycles. The van der Waals surface area contributed by atoms with Crippen molar-refractivity contribution in [2.75, 3.05) is 7.11 Å². The number of aromatic nitrogens is 6. The van der Waals surface area contributed by atoms with E-state index in [2.05, 4.69) is 36.2 Å². The minimum Gasteiger partial charge on any atom is -0.495 e. The van der Waals surface area contributed by atoms with E-state index in [-0.39, 0.29) is 5.78 Å². The molecule has 9 heteroatoms. The third-order valence-electron chi connectivity index (χ3n) is 5.70. The fourth-order valence-electron chi connectivity index (χ4n) is 3.99. The fraction of sp³-hybridized carbons (Fsp3) is 0.0800. The van der Waals surface area contributed by atoms with Crippen molar-refractivity contribution in [3.8, 4) is 38.8 Å². The second kappa shape index (κ2) is 7.89. The number of aromatic amines is 2. The minimum atomic E-state index is 0.0525. The Kier molecular flexibility index (Phi) is 4.70. The predicted molar refractivity (Wildman–Crippen MR) is 132 cm³/mol. The molecule has 0 aliphatic carbocycles. The molecule has 34 heavy (non-hydrogen) atoms. The molecule has 0 bridgehead atoms. The Morgan fingerprint density at radius 3 is 2.71 bits per heavy atom. The maximum Gasteiger partial charge on any atom is 0.181 e. The Hall–Kier alpha value is -4.37. The number of carbonyl (C=O) groups is 1. The maximum atomic E-state index is 11.8. The molecule has 0 spiro atoms. The molecular formula is C25H18N6O2S. The number of carbonyl (C=O) groups excluding carboxylic acids is 1. The first-order valence-corrected chi connectivity index (χ1v) is 11.3. The van der Waals surface area contributed by atoms with Gasteiger partial charge < -0.3 is 9.72 Å². The van der Waals surface area contributed by atoms with E-state index < -0.39 is 0 Å². The van der Waals surface area contributed by atoms with Gasteiger partial charge in [0, 0.05) is 46.0 Å². The first kappa shape index (κ1) is 20.3. The molecule has 8 nitrogen and oxygen atoms in total. The van der Waals surface area contributed by atoms with Crippen LogP contribution in [0.3, 0.4) is 0 Å². The molecule has 0 aliphatic rings. The minimum absolute atomic E-state index is 0.0525. The summed E-state index contributed by atoms with van der Waals surface area (Å²) in [6.07, 6.45) is 7.00. The van der Waals surface area contributed by atoms with Crippen molar-refractivity contribution >= 4 is 39.1 Å². The summed E-state index contributed by atoms with van der Waals surface area (Å²) >= 11 is 1.45. The van der Waals surface area contributed by atoms with Gasteiger partial charge in [-0.3, -0.25) is 19.9 Å². The number of nitrogens with zero attached hydrogens (tertiary/aromatic N) is 4. The van der Waals surface area contributed by atoms with Gasteiger partial charge in [0.15, 0.2) is 11.4 Å². The number of ketones is 1. The Morgan fingerprint density at radius 2 is 1.88 bits per heavy atom. The second-order valence-electron chi connectivity index (χ2n) is 7.83. The standard InChI is InChI=1S/C25H18N6O2S/c1-13(32)21-3-4-22(34-21)24-17-9-20(29-19(17)5-6-27-24)23-18-8-15(11-28-25(18)31-30-23)14-7-16(33-2)12-26-10-14/h3-12,29H,1-2H3,(H,28,30,31). The molecule has 0 aliphatic heterocycles. The molecule has 6 rings (SSSR count). The van der Waals surface area contributed by atoms with Gasteiger partial charge in [-0.15, -0.1) is 11.3 Å². The highest BCUT2D eigenvalue weighted by Gasteiger charge is 2.16. The number of hydrogen-bond acceptors (Lipinski definition) is 7. The lowest BCUT2D eigenvalue weighted by Crippen LogP contribution is -1.87. The highest BCUT2D eigenvalue weighted by atomic mass is 32.1. The number of Topliss-reactive ketones (excluding diaryl/α,β-unsaturated/α-hetero) is 1. The van der Waals surface area contributed by atoms with Gasteiger partial charge in [-0.1, -0.05) is 0 Å². The quantitative estimate of drug-likeness (QED) is 0.325. The Bertz CT molecular complexity index is 1700. The Morgan fingerprint density at radius 1 is 1.00 bits per heavy atom. The van der Waals surface area contributed by atoms with Gasteiger partial charge >= 0.3 is 0 Å². The third kappa shape index (κ3) is 3.34. The van der Waals surface area contributed by atoms with Crippen molar-refractivity contribution < 1.29 is 9.53 Å². The van der Waals surface area contributed by atoms with Crippen LogP contribution in [-0.4, -0.2) is 43.0 Å². The zero-order valence-electron chi connectivity index (χ0n) is 18.3. The number of fused-ring (bicyclic) bond motifs is 2. The van der Waals surface area contributed by atoms with E-state index >= 15 is 0 Å². The molecular weight excluding hydrogens is 448 g/mol. The molecule has 2 N–H and O–H groups in total. The van der Waals surface area contributed by atoms with Gasteiger partial charge in [-0.05, 0) is 43.3 Å². The molecule has 6 aromatic heterocycles. The fourth-order valence-corrected chi connectivity index (χ4v) is 4.90. The van der Waals surface area contributed by atoms with E-state index in [4.69, 9.17) is 4.74 Å². The van der Waals surface area contributed by atoms with Crippen LogP contribution in [0.25, 0.3) is 55.0 Å². The van der Waals surface area contributed by atoms with E-state index in [9.17, 15) is 4.79 Å². The van der Waals surface area contributed by atoms with Crippen molar-refractivity contribution in [3.63, 3.8) is 0 Å². The number of nitrogens with one attached hydrogen (secondary N) is 2. The van der Waals surface area contributed by atoms with Crippen molar-refractivity contribution in [2.24, 2.45) is 0 Å². The summed E-state index contributed by atoms with van der Waals surface area (Å²) in [6.45, 7) is 1.57. The van der Waals surface area contributed by atoms with Crippen molar-refractivity contribution in [1.82, 2.24) is 30.1 Å². The summed E-state index contributed by atoms with van der Waals surface area (Å²) in [5, 5.41) is 9.37. The van der Waals surface area contributed by atoms with Crippen LogP contribution in [0.2, 0.25) is 0 Å². The van der Waals surface area contributed by atoms with E-state index in [1.165, 1.54) is 11.3 Å². The number of ether oxygens (including phenoxy) is 1. The largest absolute Gasteiger partial charge is 0.495 e. The topological polar surface area (TPSA) is 109 Å². The van der Waals surface area contributed by atoms with E-state index in [0.29, 0.717) is 11.4 Å². The third-order valence-corrected chi connectivity index (χ3v) is 6.89. The Labute approximate surface area is 197 Å². The van der Waals surface area contributed by atoms with Gasteiger partial charge in [0.05, 0.1) is 40.1 Å². The van der Waals surface area contributed by atoms with Crippen LogP contribution in [0.5, 0.6) is 5.75 Å². The van der Waals surface area contributed by atoms with Gasteiger partial charge in [-0.25, -0.2) is 4.98 Å². The SMILES string of the molecule is COc1cncc(-c2cnc3n[nH]c(-c4cc5c(-c6ccc(C(C)=O)s6)nccc5[nH]4)c3c2)c1. The lowest BCUT2D eigenvalue weighted by Gasteiger charge is -2.04. The zero-order chi connectivity index (χ0) is 23.2. The number of methoxy groups -OCH3 is 1. The first-order valence-electron chi connectivity index (χ1n) is 10.5. The molecule has 0 atom stereocenters. The summed E-state index contributed by atoms with van der Waals surface area (Å²) in [7, 11) is 1.62. The van der Waals surface area contributed by atoms with Crippen LogP contribution < -0.4 is 4.74 Å². The van der Waals surface area contributed by atoms with Gasteiger partial charge in [0.1, 0.15) is 5.75 Å². The van der Waals surface area contributed by atoms with Crippen LogP contribution in [0.4, 0.5) is 0 Å². The monoisotopic (exact) mass is 466 g/mol. The van der Waals surface area contributed by atoms with Crippen molar-refractivity contribution in [1.29, 1.82) is 0 Å². The molecule has 0 saturated heterocycles. The molecule has 0 unspecified atom stereocenters. The summed E-state index contributed by atoms with van der Waals surface area (Å²) in [5.41, 5.74) is 5.93. The number of thiophene rings is 1. The molecule has 0 aromatic carbocycles. The molecule has 166 valence electrons. The summed E-state index contributed by atoms with van der Waals surface area (Å²) in [4.78, 5) is 30.3. The van der Waals surface area contributed by atoms with E-state index in [1.54, 1.807) is 38.8 Å². The normalized spacial score (nSPS) is 11.4. The van der Waals surface area contributed by atoms with Crippen molar-refractivity contribution in [3.05, 3.63) is 66.1 Å². The average molecular weight is 467 g/mol. The highest BCUT2D eigenvalue weighted by molar-refractivity contribution is 7.17. The summed E-state index contributed by atoms with van der Waals surface area (Å²) in [5.74, 6) is 0.735. The second-order valence-corrected chi connectivity index (χ2v) is 8.91. The highest BCUT2D eigenvalue weighted by Crippen LogP contribution is 2.36. The van der Waals surface area contributed by atoms with Crippen LogP contribution in [0.15, 0.2) is 61.2 Å².